The fraction of sp³-hybridized carbons (Fsp3) is 0.519. The van der Waals surface area contributed by atoms with E-state index in [0.717, 1.165) is 49.6 Å². The minimum Gasteiger partial charge on any atom is -0.317 e. The number of aromatic nitrogens is 5. The van der Waals surface area contributed by atoms with Gasteiger partial charge in [-0.15, -0.1) is 0 Å². The summed E-state index contributed by atoms with van der Waals surface area (Å²) in [5.41, 5.74) is 3.78. The Labute approximate surface area is 216 Å². The lowest BCUT2D eigenvalue weighted by Gasteiger charge is -2.37. The van der Waals surface area contributed by atoms with Gasteiger partial charge in [0, 0.05) is 61.2 Å². The highest BCUT2D eigenvalue weighted by Crippen LogP contribution is 2.56. The predicted octanol–water partition coefficient (Wildman–Crippen LogP) is 3.19. The maximum Gasteiger partial charge on any atom is 0.228 e. The van der Waals surface area contributed by atoms with E-state index in [1.807, 2.05) is 17.8 Å². The molecule has 0 radical (unpaired) electrons. The molecule has 9 nitrogen and oxygen atoms in total. The van der Waals surface area contributed by atoms with E-state index in [2.05, 4.69) is 57.4 Å². The molecule has 194 valence electrons. The molecule has 1 fully saturated rings. The van der Waals surface area contributed by atoms with Gasteiger partial charge in [-0.2, -0.15) is 5.10 Å². The van der Waals surface area contributed by atoms with E-state index in [1.54, 1.807) is 0 Å². The summed E-state index contributed by atoms with van der Waals surface area (Å²) in [6, 6.07) is 4.70. The average molecular weight is 504 g/mol. The van der Waals surface area contributed by atoms with E-state index in [9.17, 15) is 0 Å². The van der Waals surface area contributed by atoms with Crippen LogP contribution in [0, 0.1) is 11.2 Å². The summed E-state index contributed by atoms with van der Waals surface area (Å²) in [7, 11) is 1.89. The molecule has 5 heterocycles. The molecule has 0 bridgehead atoms. The summed E-state index contributed by atoms with van der Waals surface area (Å²) in [6.45, 7) is 10.4. The highest BCUT2D eigenvalue weighted by Gasteiger charge is 2.60. The first-order valence-electron chi connectivity index (χ1n) is 13.1. The Morgan fingerprint density at radius 2 is 1.97 bits per heavy atom. The third kappa shape index (κ3) is 3.93. The van der Waals surface area contributed by atoms with Gasteiger partial charge in [0.2, 0.25) is 5.95 Å². The predicted molar refractivity (Wildman–Crippen MR) is 140 cm³/mol. The first-order chi connectivity index (χ1) is 17.7. The van der Waals surface area contributed by atoms with Gasteiger partial charge in [-0.1, -0.05) is 26.8 Å². The summed E-state index contributed by atoms with van der Waals surface area (Å²) in [6.07, 6.45) is 5.71. The number of anilines is 2. The van der Waals surface area contributed by atoms with Crippen molar-refractivity contribution in [3.05, 3.63) is 58.0 Å². The molecule has 3 N–H and O–H groups in total. The molecule has 6 rings (SSSR count). The van der Waals surface area contributed by atoms with Gasteiger partial charge >= 0.3 is 0 Å². The average Bonchev–Trinajstić information content (AvgIpc) is 3.33. The van der Waals surface area contributed by atoms with E-state index >= 15 is 4.39 Å². The number of pyridine rings is 1. The minimum absolute atomic E-state index is 0.152. The summed E-state index contributed by atoms with van der Waals surface area (Å²) in [4.78, 5) is 16.1. The van der Waals surface area contributed by atoms with E-state index in [0.29, 0.717) is 17.6 Å². The first kappa shape index (κ1) is 24.1. The van der Waals surface area contributed by atoms with Crippen molar-refractivity contribution in [1.82, 2.24) is 34.9 Å². The maximum atomic E-state index is 15.1. The van der Waals surface area contributed by atoms with Crippen LogP contribution in [0.5, 0.6) is 0 Å². The van der Waals surface area contributed by atoms with Crippen LogP contribution in [0.1, 0.15) is 67.5 Å². The van der Waals surface area contributed by atoms with Crippen molar-refractivity contribution in [2.24, 2.45) is 7.05 Å². The molecule has 3 aromatic rings. The third-order valence-electron chi connectivity index (χ3n) is 7.94. The fourth-order valence-electron chi connectivity index (χ4n) is 6.18. The minimum atomic E-state index is -1.04. The molecular weight excluding hydrogens is 469 g/mol. The quantitative estimate of drug-likeness (QED) is 0.459. The normalized spacial score (nSPS) is 21.9. The molecule has 0 spiro atoms. The van der Waals surface area contributed by atoms with Crippen LogP contribution in [0.3, 0.4) is 0 Å². The van der Waals surface area contributed by atoms with Crippen molar-refractivity contribution in [1.29, 1.82) is 5.41 Å². The third-order valence-corrected chi connectivity index (χ3v) is 7.94. The van der Waals surface area contributed by atoms with Crippen molar-refractivity contribution in [2.75, 3.05) is 25.0 Å². The van der Waals surface area contributed by atoms with Gasteiger partial charge in [0.25, 0.3) is 0 Å². The fourth-order valence-corrected chi connectivity index (χ4v) is 6.18. The monoisotopic (exact) mass is 503 g/mol. The summed E-state index contributed by atoms with van der Waals surface area (Å²) < 4.78 is 16.9. The van der Waals surface area contributed by atoms with E-state index < -0.39 is 11.2 Å². The summed E-state index contributed by atoms with van der Waals surface area (Å²) >= 11 is 0. The maximum absolute atomic E-state index is 15.1. The van der Waals surface area contributed by atoms with Crippen LogP contribution in [-0.4, -0.2) is 61.5 Å². The van der Waals surface area contributed by atoms with Gasteiger partial charge in [-0.05, 0) is 37.6 Å². The summed E-state index contributed by atoms with van der Waals surface area (Å²) in [5.74, 6) is 0.346. The lowest BCUT2D eigenvalue weighted by atomic mass is 9.87. The van der Waals surface area contributed by atoms with E-state index in [4.69, 9.17) is 10.4 Å². The molecule has 2 aliphatic heterocycles. The van der Waals surface area contributed by atoms with Gasteiger partial charge in [0.1, 0.15) is 16.9 Å². The largest absolute Gasteiger partial charge is 0.317 e. The van der Waals surface area contributed by atoms with Crippen LogP contribution >= 0.6 is 0 Å². The smallest absolute Gasteiger partial charge is 0.228 e. The standard InChI is InChI=1S/C27H34FN9/c1-26(2,3)24-21-23(35-36(24)4)27(21,15-29)22-18(28)13-31-25(34-22)33-20-6-5-16-14-37(12-9-19(16)32-20)17-7-10-30-11-8-17/h5-6,13,15,17,29-30H,7-12,14H2,1-4H3,(H,31,32,33,34). The van der Waals surface area contributed by atoms with Crippen molar-refractivity contribution in [3.63, 3.8) is 0 Å². The Kier molecular flexibility index (Phi) is 5.65. The van der Waals surface area contributed by atoms with Crippen LogP contribution in [0.2, 0.25) is 0 Å². The Bertz CT molecular complexity index is 1370. The van der Waals surface area contributed by atoms with Crippen molar-refractivity contribution < 1.29 is 4.39 Å². The van der Waals surface area contributed by atoms with Crippen molar-refractivity contribution in [3.8, 4) is 0 Å². The van der Waals surface area contributed by atoms with Crippen LogP contribution in [0.25, 0.3) is 0 Å². The molecule has 1 unspecified atom stereocenters. The molecule has 3 aliphatic rings. The van der Waals surface area contributed by atoms with E-state index in [1.165, 1.54) is 30.8 Å². The topological polar surface area (TPSA) is 108 Å². The van der Waals surface area contributed by atoms with Gasteiger partial charge in [0.05, 0.1) is 11.9 Å². The van der Waals surface area contributed by atoms with Crippen LogP contribution in [0.15, 0.2) is 18.3 Å². The zero-order valence-electron chi connectivity index (χ0n) is 21.9. The summed E-state index contributed by atoms with van der Waals surface area (Å²) in [5, 5.41) is 19.4. The Morgan fingerprint density at radius 1 is 1.19 bits per heavy atom. The Hall–Kier alpha value is -3.24. The molecule has 3 aromatic heterocycles. The Morgan fingerprint density at radius 3 is 2.70 bits per heavy atom. The molecular formula is C27H34FN9. The SMILES string of the molecule is Cn1nc2c(c1C(C)(C)C)C2(C=N)c1nc(Nc2ccc3c(n2)CCN(C2CCNCC2)C3)ncc1F. The van der Waals surface area contributed by atoms with Crippen LogP contribution < -0.4 is 10.6 Å². The molecule has 10 heteroatoms. The van der Waals surface area contributed by atoms with Gasteiger partial charge in [0.15, 0.2) is 5.82 Å². The number of hydrogen-bond acceptors (Lipinski definition) is 8. The highest BCUT2D eigenvalue weighted by atomic mass is 19.1. The molecule has 1 atom stereocenters. The lowest BCUT2D eigenvalue weighted by molar-refractivity contribution is 0.146. The van der Waals surface area contributed by atoms with Crippen LogP contribution in [0.4, 0.5) is 16.2 Å². The lowest BCUT2D eigenvalue weighted by Crippen LogP contribution is -2.45. The number of fused-ring (bicyclic) bond motifs is 2. The van der Waals surface area contributed by atoms with Gasteiger partial charge in [-0.25, -0.2) is 19.3 Å². The molecule has 0 aromatic carbocycles. The Balaban J connectivity index is 1.25. The van der Waals surface area contributed by atoms with Gasteiger partial charge in [-0.3, -0.25) is 9.58 Å². The molecule has 1 saturated heterocycles. The zero-order chi connectivity index (χ0) is 25.9. The van der Waals surface area contributed by atoms with Crippen LogP contribution in [-0.2, 0) is 30.8 Å². The second kappa shape index (κ2) is 8.66. The van der Waals surface area contributed by atoms with Crippen molar-refractivity contribution in [2.45, 2.75) is 63.5 Å². The zero-order valence-corrected chi connectivity index (χ0v) is 21.9. The van der Waals surface area contributed by atoms with E-state index in [-0.39, 0.29) is 17.1 Å². The van der Waals surface area contributed by atoms with Gasteiger partial charge < -0.3 is 16.0 Å². The second-order valence-electron chi connectivity index (χ2n) is 11.4. The first-order valence-corrected chi connectivity index (χ1v) is 13.1. The number of rotatable bonds is 5. The number of hydrogen-bond donors (Lipinski definition) is 3. The number of nitrogens with one attached hydrogen (secondary N) is 3. The van der Waals surface area contributed by atoms with Crippen molar-refractivity contribution >= 4 is 18.0 Å². The number of halogens is 1. The number of aryl methyl sites for hydroxylation is 1. The molecule has 0 amide bonds. The highest BCUT2D eigenvalue weighted by molar-refractivity contribution is 5.93. The molecule has 37 heavy (non-hydrogen) atoms. The molecule has 1 aliphatic carbocycles. The number of nitrogens with zero attached hydrogens (tertiary/aromatic N) is 6. The second-order valence-corrected chi connectivity index (χ2v) is 11.4. The molecule has 0 saturated carbocycles. The number of piperidine rings is 1.